The first-order valence-electron chi connectivity index (χ1n) is 7.33. The number of anilines is 1. The van der Waals surface area contributed by atoms with Gasteiger partial charge in [-0.3, -0.25) is 0 Å². The number of allylic oxidation sites excluding steroid dienone is 1. The van der Waals surface area contributed by atoms with Crippen LogP contribution in [0.5, 0.6) is 11.5 Å². The molecule has 3 rings (SSSR count). The standard InChI is InChI=1S/C18H17N3O2/c1-2-22-13-5-3-4-11(8-13)17-14-7-6-12(20)9-16(14)23-18(21)15(17)10-19/h3-9,17H,2,20-21H2,1H3/t17-/m0/s1. The van der Waals surface area contributed by atoms with Crippen LogP contribution in [0.3, 0.4) is 0 Å². The highest BCUT2D eigenvalue weighted by Crippen LogP contribution is 2.43. The molecule has 23 heavy (non-hydrogen) atoms. The second-order valence-corrected chi connectivity index (χ2v) is 5.23. The van der Waals surface area contributed by atoms with Gasteiger partial charge in [0.05, 0.1) is 12.5 Å². The van der Waals surface area contributed by atoms with Crippen LogP contribution < -0.4 is 20.9 Å². The Morgan fingerprint density at radius 1 is 1.22 bits per heavy atom. The molecule has 0 unspecified atom stereocenters. The summed E-state index contributed by atoms with van der Waals surface area (Å²) in [6.45, 7) is 2.51. The van der Waals surface area contributed by atoms with Gasteiger partial charge in [0.25, 0.3) is 0 Å². The van der Waals surface area contributed by atoms with Crippen molar-refractivity contribution in [2.45, 2.75) is 12.8 Å². The summed E-state index contributed by atoms with van der Waals surface area (Å²) in [6, 6.07) is 15.2. The Balaban J connectivity index is 2.16. The molecule has 0 radical (unpaired) electrons. The van der Waals surface area contributed by atoms with Crippen LogP contribution in [0.1, 0.15) is 24.0 Å². The Hall–Kier alpha value is -3.13. The highest BCUT2D eigenvalue weighted by molar-refractivity contribution is 5.59. The van der Waals surface area contributed by atoms with Crippen molar-refractivity contribution >= 4 is 5.69 Å². The largest absolute Gasteiger partial charge is 0.494 e. The quantitative estimate of drug-likeness (QED) is 0.850. The lowest BCUT2D eigenvalue weighted by atomic mass is 9.83. The molecule has 0 spiro atoms. The minimum absolute atomic E-state index is 0.109. The third-order valence-corrected chi connectivity index (χ3v) is 3.75. The lowest BCUT2D eigenvalue weighted by Gasteiger charge is -2.26. The maximum atomic E-state index is 9.52. The van der Waals surface area contributed by atoms with Gasteiger partial charge in [0.2, 0.25) is 5.88 Å². The molecule has 0 amide bonds. The lowest BCUT2D eigenvalue weighted by Crippen LogP contribution is -2.21. The van der Waals surface area contributed by atoms with E-state index >= 15 is 0 Å². The van der Waals surface area contributed by atoms with Gasteiger partial charge in [-0.2, -0.15) is 5.26 Å². The zero-order valence-corrected chi connectivity index (χ0v) is 12.7. The van der Waals surface area contributed by atoms with E-state index in [2.05, 4.69) is 6.07 Å². The molecular weight excluding hydrogens is 290 g/mol. The fourth-order valence-corrected chi connectivity index (χ4v) is 2.77. The number of hydrogen-bond donors (Lipinski definition) is 2. The Morgan fingerprint density at radius 3 is 2.78 bits per heavy atom. The second kappa shape index (κ2) is 5.93. The summed E-state index contributed by atoms with van der Waals surface area (Å²) in [7, 11) is 0. The van der Waals surface area contributed by atoms with E-state index in [0.717, 1.165) is 16.9 Å². The van der Waals surface area contributed by atoms with Crippen LogP contribution in [0.2, 0.25) is 0 Å². The Bertz CT molecular complexity index is 821. The first-order chi connectivity index (χ1) is 11.1. The normalized spacial score (nSPS) is 16.3. The summed E-state index contributed by atoms with van der Waals surface area (Å²) < 4.78 is 11.1. The zero-order valence-electron chi connectivity index (χ0n) is 12.7. The minimum atomic E-state index is -0.301. The van der Waals surface area contributed by atoms with Crippen molar-refractivity contribution in [1.29, 1.82) is 5.26 Å². The third kappa shape index (κ3) is 2.67. The van der Waals surface area contributed by atoms with Crippen molar-refractivity contribution in [3.05, 3.63) is 65.0 Å². The maximum Gasteiger partial charge on any atom is 0.205 e. The molecule has 2 aromatic carbocycles. The number of benzene rings is 2. The van der Waals surface area contributed by atoms with E-state index in [1.54, 1.807) is 12.1 Å². The Labute approximate surface area is 134 Å². The van der Waals surface area contributed by atoms with Crippen LogP contribution in [0, 0.1) is 11.3 Å². The van der Waals surface area contributed by atoms with Gasteiger partial charge in [-0.1, -0.05) is 18.2 Å². The predicted octanol–water partition coefficient (Wildman–Crippen LogP) is 2.89. The number of nitrogens with two attached hydrogens (primary N) is 2. The molecule has 5 heteroatoms. The van der Waals surface area contributed by atoms with Gasteiger partial charge >= 0.3 is 0 Å². The lowest BCUT2D eigenvalue weighted by molar-refractivity contribution is 0.339. The van der Waals surface area contributed by atoms with Crippen molar-refractivity contribution in [2.24, 2.45) is 5.73 Å². The monoisotopic (exact) mass is 307 g/mol. The molecule has 0 bridgehead atoms. The third-order valence-electron chi connectivity index (χ3n) is 3.75. The highest BCUT2D eigenvalue weighted by Gasteiger charge is 2.30. The molecule has 0 saturated carbocycles. The summed E-state index contributed by atoms with van der Waals surface area (Å²) in [5.74, 6) is 1.14. The fraction of sp³-hybridized carbons (Fsp3) is 0.167. The number of nitrogen functional groups attached to an aromatic ring is 1. The summed E-state index contributed by atoms with van der Waals surface area (Å²) in [5, 5.41) is 9.52. The van der Waals surface area contributed by atoms with Crippen LogP contribution in [-0.4, -0.2) is 6.61 Å². The van der Waals surface area contributed by atoms with Crippen molar-refractivity contribution in [2.75, 3.05) is 12.3 Å². The number of nitriles is 1. The number of fused-ring (bicyclic) bond motifs is 1. The molecule has 0 fully saturated rings. The molecule has 1 heterocycles. The molecule has 0 saturated heterocycles. The van der Waals surface area contributed by atoms with Crippen LogP contribution in [0.25, 0.3) is 0 Å². The SMILES string of the molecule is CCOc1cccc([C@@H]2C(C#N)=C(N)Oc3cc(N)ccc32)c1. The van der Waals surface area contributed by atoms with Gasteiger partial charge in [-0.05, 0) is 30.7 Å². The molecule has 4 N–H and O–H groups in total. The van der Waals surface area contributed by atoms with Gasteiger partial charge in [-0.25, -0.2) is 0 Å². The predicted molar refractivity (Wildman–Crippen MR) is 87.8 cm³/mol. The smallest absolute Gasteiger partial charge is 0.205 e. The van der Waals surface area contributed by atoms with E-state index in [0.29, 0.717) is 23.6 Å². The molecule has 2 aromatic rings. The van der Waals surface area contributed by atoms with Crippen molar-refractivity contribution in [3.63, 3.8) is 0 Å². The molecule has 0 aliphatic carbocycles. The topological polar surface area (TPSA) is 94.3 Å². The van der Waals surface area contributed by atoms with Gasteiger partial charge in [0, 0.05) is 17.3 Å². The molecule has 5 nitrogen and oxygen atoms in total. The number of hydrogen-bond acceptors (Lipinski definition) is 5. The van der Waals surface area contributed by atoms with Gasteiger partial charge < -0.3 is 20.9 Å². The van der Waals surface area contributed by atoms with Gasteiger partial charge in [0.15, 0.2) is 0 Å². The number of nitrogens with zero attached hydrogens (tertiary/aromatic N) is 1. The summed E-state index contributed by atoms with van der Waals surface area (Å²) in [6.07, 6.45) is 0. The highest BCUT2D eigenvalue weighted by atomic mass is 16.5. The van der Waals surface area contributed by atoms with Crippen LogP contribution in [0.15, 0.2) is 53.9 Å². The number of ether oxygens (including phenoxy) is 2. The fourth-order valence-electron chi connectivity index (χ4n) is 2.77. The van der Waals surface area contributed by atoms with Gasteiger partial charge in [-0.15, -0.1) is 0 Å². The van der Waals surface area contributed by atoms with Crippen molar-refractivity contribution < 1.29 is 9.47 Å². The average Bonchev–Trinajstić information content (AvgIpc) is 2.54. The van der Waals surface area contributed by atoms with Gasteiger partial charge in [0.1, 0.15) is 23.1 Å². The van der Waals surface area contributed by atoms with Crippen molar-refractivity contribution in [3.8, 4) is 17.6 Å². The maximum absolute atomic E-state index is 9.52. The van der Waals surface area contributed by atoms with Crippen LogP contribution >= 0.6 is 0 Å². The Kier molecular flexibility index (Phi) is 3.82. The first-order valence-corrected chi connectivity index (χ1v) is 7.33. The molecule has 1 aliphatic rings. The summed E-state index contributed by atoms with van der Waals surface area (Å²) >= 11 is 0. The molecule has 1 atom stereocenters. The average molecular weight is 307 g/mol. The van der Waals surface area contributed by atoms with E-state index in [1.165, 1.54) is 0 Å². The van der Waals surface area contributed by atoms with E-state index < -0.39 is 0 Å². The Morgan fingerprint density at radius 2 is 2.04 bits per heavy atom. The van der Waals surface area contributed by atoms with E-state index in [1.807, 2.05) is 37.3 Å². The van der Waals surface area contributed by atoms with Crippen LogP contribution in [0.4, 0.5) is 5.69 Å². The molecular formula is C18H17N3O2. The molecule has 1 aliphatic heterocycles. The first kappa shape index (κ1) is 14.8. The molecule has 0 aromatic heterocycles. The summed E-state index contributed by atoms with van der Waals surface area (Å²) in [4.78, 5) is 0. The van der Waals surface area contributed by atoms with E-state index in [-0.39, 0.29) is 11.8 Å². The number of rotatable bonds is 3. The minimum Gasteiger partial charge on any atom is -0.494 e. The van der Waals surface area contributed by atoms with Crippen LogP contribution in [-0.2, 0) is 0 Å². The molecule has 116 valence electrons. The van der Waals surface area contributed by atoms with E-state index in [4.69, 9.17) is 20.9 Å². The van der Waals surface area contributed by atoms with Crippen molar-refractivity contribution in [1.82, 2.24) is 0 Å². The second-order valence-electron chi connectivity index (χ2n) is 5.23. The summed E-state index contributed by atoms with van der Waals surface area (Å²) in [5.41, 5.74) is 14.5. The zero-order chi connectivity index (χ0) is 16.4. The van der Waals surface area contributed by atoms with E-state index in [9.17, 15) is 5.26 Å².